The number of hydrogen-bond acceptors (Lipinski definition) is 27. The van der Waals surface area contributed by atoms with E-state index in [2.05, 4.69) is 59.2 Å². The van der Waals surface area contributed by atoms with E-state index in [1.807, 2.05) is 42.7 Å². The number of carboxylic acid groups (broad SMARTS) is 1. The minimum absolute atomic E-state index is 0.0131. The predicted molar refractivity (Wildman–Crippen MR) is 408 cm³/mol. The number of aromatic hydroxyl groups is 1. The Morgan fingerprint density at radius 1 is 0.814 bits per heavy atom. The number of carboxylic acids is 1. The van der Waals surface area contributed by atoms with Crippen LogP contribution in [0.2, 0.25) is 0 Å². The van der Waals surface area contributed by atoms with Crippen molar-refractivity contribution in [3.05, 3.63) is 110 Å². The number of halogens is 1. The number of esters is 1. The fraction of sp³-hybridized carbons (Fsp3) is 0.507. The van der Waals surface area contributed by atoms with E-state index in [1.165, 1.54) is 49.9 Å². The topological polar surface area (TPSA) is 500 Å². The molecular formula is C73H92IN13O25S. The Morgan fingerprint density at radius 2 is 1.52 bits per heavy atom. The smallest absolute Gasteiger partial charge is 0.411 e. The van der Waals surface area contributed by atoms with Gasteiger partial charge in [-0.25, -0.2) is 39.2 Å². The highest BCUT2D eigenvalue weighted by atomic mass is 127. The van der Waals surface area contributed by atoms with Crippen molar-refractivity contribution in [2.45, 2.75) is 152 Å². The second kappa shape index (κ2) is 36.6. The average molecular weight is 1710 g/mol. The van der Waals surface area contributed by atoms with Crippen LogP contribution in [0.5, 0.6) is 11.5 Å². The quantitative estimate of drug-likeness (QED) is 0.00529. The molecule has 0 saturated carbocycles. The highest BCUT2D eigenvalue weighted by Crippen LogP contribution is 2.44. The van der Waals surface area contributed by atoms with Gasteiger partial charge >= 0.3 is 24.1 Å². The number of aliphatic hydroxyl groups excluding tert-OH is 3. The normalized spacial score (nSPS) is 20.2. The lowest BCUT2D eigenvalue weighted by molar-refractivity contribution is -0.271. The van der Waals surface area contributed by atoms with E-state index in [4.69, 9.17) is 38.1 Å². The number of likely N-dealkylation sites (N-methyl/N-ethyl adjacent to an activating group) is 2. The second-order valence-corrected chi connectivity index (χ2v) is 30.7. The van der Waals surface area contributed by atoms with Gasteiger partial charge in [0, 0.05) is 107 Å². The minimum Gasteiger partial charge on any atom is -0.508 e. The number of cyclic esters (lactones) is 1. The lowest BCUT2D eigenvalue weighted by atomic mass is 9.85. The molecule has 4 aliphatic heterocycles. The number of aliphatic hydroxyl groups is 3. The van der Waals surface area contributed by atoms with Crippen molar-refractivity contribution in [2.75, 3.05) is 85.3 Å². The Balaban J connectivity index is 0.682. The Labute approximate surface area is 661 Å². The third-order valence-electron chi connectivity index (χ3n) is 19.9. The molecule has 1 saturated heterocycles. The van der Waals surface area contributed by atoms with E-state index >= 15 is 0 Å². The number of pyridine rings is 3. The number of amides is 7. The molecule has 0 spiro atoms. The zero-order chi connectivity index (χ0) is 82.2. The lowest BCUT2D eigenvalue weighted by Crippen LogP contribution is -2.61. The molecule has 11 N–H and O–H groups in total. The van der Waals surface area contributed by atoms with E-state index in [1.54, 1.807) is 45.2 Å². The Kier molecular flexibility index (Phi) is 27.7. The molecule has 0 radical (unpaired) electrons. The molecule has 8 heterocycles. The van der Waals surface area contributed by atoms with Crippen molar-refractivity contribution in [3.63, 3.8) is 0 Å². The number of phenols is 1. The summed E-state index contributed by atoms with van der Waals surface area (Å²) < 4.78 is 76.4. The number of carbonyl (C=O) groups is 9. The van der Waals surface area contributed by atoms with Gasteiger partial charge in [0.15, 0.2) is 6.10 Å². The zero-order valence-corrected chi connectivity index (χ0v) is 66.3. The van der Waals surface area contributed by atoms with E-state index in [9.17, 15) is 86.4 Å². The first-order valence-electron chi connectivity index (χ1n) is 36.3. The molecule has 2 aromatic carbocycles. The number of ether oxygens (including phenoxy) is 7. The fourth-order valence-electron chi connectivity index (χ4n) is 13.5. The number of hydrogen-bond donors (Lipinski definition) is 11. The number of fused-ring (bicyclic) bond motifs is 8. The van der Waals surface area contributed by atoms with Gasteiger partial charge in [0.1, 0.15) is 76.6 Å². The van der Waals surface area contributed by atoms with Crippen LogP contribution in [0.15, 0.2) is 65.6 Å². The van der Waals surface area contributed by atoms with Crippen molar-refractivity contribution in [1.82, 2.24) is 60.2 Å². The third kappa shape index (κ3) is 19.4. The summed E-state index contributed by atoms with van der Waals surface area (Å²) in [5.74, 6) is -8.33. The minimum atomic E-state index is -4.73. The number of alkyl halides is 1. The Morgan fingerprint density at radius 3 is 2.21 bits per heavy atom. The van der Waals surface area contributed by atoms with Crippen molar-refractivity contribution in [1.29, 1.82) is 0 Å². The van der Waals surface area contributed by atoms with E-state index in [-0.39, 0.29) is 123 Å². The highest BCUT2D eigenvalue weighted by molar-refractivity contribution is 14.1. The van der Waals surface area contributed by atoms with Gasteiger partial charge in [-0.2, -0.15) is 8.42 Å². The summed E-state index contributed by atoms with van der Waals surface area (Å²) in [6, 6.07) is 9.91. The second-order valence-electron chi connectivity index (χ2n) is 28.0. The van der Waals surface area contributed by atoms with Crippen LogP contribution >= 0.6 is 22.6 Å². The summed E-state index contributed by atoms with van der Waals surface area (Å²) in [6.45, 7) is 7.40. The standard InChI is InChI=1S/C73H92IN13O25S/c1-10-41-43-30-40(88)15-17-47(43)79-57-44(41)32-87-50(57)31-46-45(67(87)97)35-108-70(100)73(46,11-2)112-72(102)83(7)24-23-82(6)71(101)109-34-39-14-16-48(52(29-39)110-69-60(93)58(91)59(92)61(111-69)68(98)99)80-64(94)38(5)77-66(96)56(37(3)4)81-54(90)19-25-106-27-28-107-26-21-76-65(95)49(36-113(103,104)105)78-53(89)18-22-86-51-33-84(8)85(9)62(74)55(51)42-13-12-20-75-63(42)86/h12-17,20,29-31,37-38,49,56,58-62,69,88,91-93H,10-11,18-19,21-28,32-36H2,1-9H3,(H,76,95)(H,77,96)(H,78,89)(H,80,94)(H,81,90)(H,98,99)(H,103,104,105)/t38-,49-,56-,58-,59-,60+,61-,62?,69+,73-/m0/s1. The summed E-state index contributed by atoms with van der Waals surface area (Å²) in [4.78, 5) is 147. The van der Waals surface area contributed by atoms with Crippen molar-refractivity contribution in [3.8, 4) is 22.9 Å². The summed E-state index contributed by atoms with van der Waals surface area (Å²) in [6.07, 6.45) is -10.6. The van der Waals surface area contributed by atoms with E-state index < -0.39 is 142 Å². The molecule has 4 aromatic heterocycles. The zero-order valence-electron chi connectivity index (χ0n) is 63.4. The maximum absolute atomic E-state index is 14.3. The first kappa shape index (κ1) is 85.7. The monoisotopic (exact) mass is 1710 g/mol. The number of hydrazine groups is 1. The fourth-order valence-corrected chi connectivity index (χ4v) is 15.3. The SMILES string of the molecule is CCc1c2c(nc3ccc(O)cc13)-c1cc3c(c(=O)n1C2)COC(=O)[C@@]3(CC)OC(=O)N(C)CCN(C)C(=O)OCc1ccc(NC(=O)[C@H](C)NC(=O)[C@@H](NC(=O)CCOCCOCCNC(=O)[C@H](CS(=O)(=O)O)NC(=O)CCn2c3c(c4cccnc42)C(I)N(C)N(C)C3)C(C)C)c(O[C@@H]2O[C@H](C(=O)O)[C@@H](O)[C@H](O)[C@H]2O)c1. The number of carbonyl (C=O) groups excluding carboxylic acids is 8. The molecule has 7 amide bonds. The van der Waals surface area contributed by atoms with E-state index in [0.29, 0.717) is 35.5 Å². The number of aryl methyl sites for hydroxylation is 2. The van der Waals surface area contributed by atoms with Crippen LogP contribution in [0, 0.1) is 5.92 Å². The van der Waals surface area contributed by atoms with Crippen LogP contribution in [0.4, 0.5) is 15.3 Å². The lowest BCUT2D eigenvalue weighted by Gasteiger charge is -2.38. The maximum atomic E-state index is 14.3. The molecule has 113 heavy (non-hydrogen) atoms. The van der Waals surface area contributed by atoms with Crippen LogP contribution in [0.1, 0.15) is 97.0 Å². The van der Waals surface area contributed by atoms with Crippen LogP contribution < -0.4 is 36.9 Å². The number of nitrogens with one attached hydrogen (secondary N) is 5. The summed E-state index contributed by atoms with van der Waals surface area (Å²) in [5, 5.41) is 70.4. The van der Waals surface area contributed by atoms with Crippen LogP contribution in [-0.4, -0.2) is 260 Å². The van der Waals surface area contributed by atoms with Crippen molar-refractivity contribution >= 4 is 114 Å². The number of rotatable bonds is 33. The molecular weight excluding hydrogens is 1620 g/mol. The number of aliphatic carboxylic acids is 1. The van der Waals surface area contributed by atoms with Crippen LogP contribution in [0.3, 0.4) is 0 Å². The molecule has 1 unspecified atom stereocenters. The van der Waals surface area contributed by atoms with Gasteiger partial charge in [-0.05, 0) is 85.3 Å². The number of anilines is 1. The largest absolute Gasteiger partial charge is 0.508 e. The number of benzene rings is 2. The molecule has 6 aromatic rings. The van der Waals surface area contributed by atoms with Crippen molar-refractivity contribution < 1.29 is 115 Å². The van der Waals surface area contributed by atoms with Gasteiger partial charge < -0.3 is 104 Å². The molecule has 0 aliphatic carbocycles. The van der Waals surface area contributed by atoms with Gasteiger partial charge in [0.2, 0.25) is 41.4 Å². The van der Waals surface area contributed by atoms with E-state index in [0.717, 1.165) is 43.0 Å². The molecule has 38 nitrogen and oxygen atoms in total. The maximum Gasteiger partial charge on any atom is 0.411 e. The first-order chi connectivity index (χ1) is 53.6. The Hall–Kier alpha value is -9.76. The summed E-state index contributed by atoms with van der Waals surface area (Å²) in [5.41, 5.74) is 3.50. The van der Waals surface area contributed by atoms with Gasteiger partial charge in [-0.3, -0.25) is 33.3 Å². The molecule has 1 fully saturated rings. The van der Waals surface area contributed by atoms with Crippen molar-refractivity contribution in [2.24, 2.45) is 5.92 Å². The molecule has 10 rings (SSSR count). The number of aromatic nitrogens is 4. The third-order valence-corrected chi connectivity index (χ3v) is 22.1. The molecule has 10 atom stereocenters. The van der Waals surface area contributed by atoms with Gasteiger partial charge in [-0.1, -0.05) is 56.4 Å². The highest BCUT2D eigenvalue weighted by Gasteiger charge is 2.52. The molecule has 612 valence electrons. The van der Waals surface area contributed by atoms with Crippen LogP contribution in [-0.2, 0) is 117 Å². The Bertz CT molecular complexity index is 4810. The van der Waals surface area contributed by atoms with Gasteiger partial charge in [0.05, 0.1) is 67.7 Å². The average Bonchev–Trinajstić information content (AvgIpc) is 1.62. The van der Waals surface area contributed by atoms with Gasteiger partial charge in [0.25, 0.3) is 15.7 Å². The van der Waals surface area contributed by atoms with Crippen LogP contribution in [0.25, 0.3) is 33.3 Å². The summed E-state index contributed by atoms with van der Waals surface area (Å²) in [7, 11) is 1.90. The molecule has 40 heteroatoms. The first-order valence-corrected chi connectivity index (χ1v) is 39.2. The number of phenolic OH excluding ortho intramolecular Hbond substituents is 1. The molecule has 0 bridgehead atoms. The molecule has 4 aliphatic rings. The summed E-state index contributed by atoms with van der Waals surface area (Å²) >= 11 is 2.33. The number of nitrogens with zero attached hydrogens (tertiary/aromatic N) is 8. The van der Waals surface area contributed by atoms with Gasteiger partial charge in [-0.15, -0.1) is 0 Å². The predicted octanol–water partition coefficient (Wildman–Crippen LogP) is 1.63.